The van der Waals surface area contributed by atoms with Gasteiger partial charge in [0.15, 0.2) is 0 Å². The van der Waals surface area contributed by atoms with Gasteiger partial charge in [0.25, 0.3) is 0 Å². The Hall–Kier alpha value is -1.26. The Kier molecular flexibility index (Phi) is 5.67. The van der Waals surface area contributed by atoms with Crippen molar-refractivity contribution in [3.63, 3.8) is 0 Å². The van der Waals surface area contributed by atoms with Crippen molar-refractivity contribution in [2.75, 3.05) is 0 Å². The summed E-state index contributed by atoms with van der Waals surface area (Å²) in [6.07, 6.45) is 0. The summed E-state index contributed by atoms with van der Waals surface area (Å²) < 4.78 is 0. The average molecular weight is 387 g/mol. The zero-order chi connectivity index (χ0) is 10.3. The van der Waals surface area contributed by atoms with Crippen molar-refractivity contribution in [2.45, 2.75) is 0 Å². The van der Waals surface area contributed by atoms with Crippen LogP contribution in [0.1, 0.15) is 0 Å². The first-order valence-electron chi connectivity index (χ1n) is 4.99. The molecule has 0 atom stereocenters. The summed E-state index contributed by atoms with van der Waals surface area (Å²) >= 11 is 0. The standard InChI is InChI=1S/C10H7.C5H5.Pt/c1-2-6-10-8-4-3-7-9(10)5-1;1-2-4-5-3-1;/h1-7H;1-5H;/q2*-1;+2. The van der Waals surface area contributed by atoms with E-state index in [9.17, 15) is 0 Å². The molecule has 0 N–H and O–H groups in total. The maximum atomic E-state index is 3.15. The van der Waals surface area contributed by atoms with Crippen LogP contribution in [0.3, 0.4) is 0 Å². The molecule has 0 amide bonds. The molecule has 82 valence electrons. The van der Waals surface area contributed by atoms with E-state index in [1.54, 1.807) is 0 Å². The molecular formula is C15H12Pt. The number of hydrogen-bond donors (Lipinski definition) is 0. The fourth-order valence-electron chi connectivity index (χ4n) is 1.38. The molecule has 0 aromatic heterocycles. The molecule has 1 heteroatoms. The van der Waals surface area contributed by atoms with Gasteiger partial charge in [0, 0.05) is 0 Å². The van der Waals surface area contributed by atoms with Crippen LogP contribution in [0.4, 0.5) is 0 Å². The van der Waals surface area contributed by atoms with Crippen molar-refractivity contribution in [3.05, 3.63) is 78.9 Å². The molecule has 0 unspecified atom stereocenters. The van der Waals surface area contributed by atoms with Crippen molar-refractivity contribution in [3.8, 4) is 0 Å². The second-order valence-electron chi connectivity index (χ2n) is 3.22. The summed E-state index contributed by atoms with van der Waals surface area (Å²) in [7, 11) is 0. The van der Waals surface area contributed by atoms with Gasteiger partial charge in [0.05, 0.1) is 0 Å². The summed E-state index contributed by atoms with van der Waals surface area (Å²) in [5.74, 6) is 0. The van der Waals surface area contributed by atoms with E-state index in [2.05, 4.69) is 24.3 Å². The van der Waals surface area contributed by atoms with Gasteiger partial charge < -0.3 is 0 Å². The van der Waals surface area contributed by atoms with Crippen LogP contribution in [0.25, 0.3) is 10.8 Å². The topological polar surface area (TPSA) is 0 Å². The molecule has 16 heavy (non-hydrogen) atoms. The second kappa shape index (κ2) is 7.08. The first-order chi connectivity index (χ1) is 7.47. The smallest absolute Gasteiger partial charge is 0.214 e. The third-order valence-electron chi connectivity index (χ3n) is 2.13. The van der Waals surface area contributed by atoms with Crippen LogP contribution in [0.5, 0.6) is 0 Å². The Morgan fingerprint density at radius 2 is 1.50 bits per heavy atom. The van der Waals surface area contributed by atoms with Crippen LogP contribution in [-0.4, -0.2) is 0 Å². The largest absolute Gasteiger partial charge is 2.00 e. The van der Waals surface area contributed by atoms with Gasteiger partial charge in [0.1, 0.15) is 0 Å². The molecule has 3 aromatic carbocycles. The summed E-state index contributed by atoms with van der Waals surface area (Å²) in [6.45, 7) is 0. The summed E-state index contributed by atoms with van der Waals surface area (Å²) in [4.78, 5) is 0. The SMILES string of the molecule is [Pt+2].[c-]1cccc2ccccc12.c1cc[cH-]c1. The molecule has 0 aliphatic carbocycles. The fraction of sp³-hybridized carbons (Fsp3) is 0. The second-order valence-corrected chi connectivity index (χ2v) is 3.22. The summed E-state index contributed by atoms with van der Waals surface area (Å²) in [6, 6.07) is 27.4. The zero-order valence-electron chi connectivity index (χ0n) is 8.74. The summed E-state index contributed by atoms with van der Waals surface area (Å²) in [5.41, 5.74) is 0. The average Bonchev–Trinajstić information content (AvgIpc) is 2.88. The minimum Gasteiger partial charge on any atom is -0.214 e. The number of benzene rings is 2. The van der Waals surface area contributed by atoms with E-state index in [-0.39, 0.29) is 21.1 Å². The molecule has 0 radical (unpaired) electrons. The van der Waals surface area contributed by atoms with Gasteiger partial charge in [-0.05, 0) is 0 Å². The van der Waals surface area contributed by atoms with Crippen molar-refractivity contribution < 1.29 is 21.1 Å². The van der Waals surface area contributed by atoms with Crippen molar-refractivity contribution in [1.82, 2.24) is 0 Å². The van der Waals surface area contributed by atoms with Crippen LogP contribution in [0.15, 0.2) is 72.8 Å². The van der Waals surface area contributed by atoms with Gasteiger partial charge in [-0.1, -0.05) is 12.1 Å². The molecule has 0 aliphatic heterocycles. The van der Waals surface area contributed by atoms with Gasteiger partial charge in [-0.15, -0.1) is 47.2 Å². The van der Waals surface area contributed by atoms with E-state index < -0.39 is 0 Å². The maximum absolute atomic E-state index is 3.15. The monoisotopic (exact) mass is 387 g/mol. The van der Waals surface area contributed by atoms with E-state index in [1.165, 1.54) is 10.8 Å². The van der Waals surface area contributed by atoms with Gasteiger partial charge >= 0.3 is 21.1 Å². The number of rotatable bonds is 0. The van der Waals surface area contributed by atoms with E-state index in [1.807, 2.05) is 54.6 Å². The molecule has 0 nitrogen and oxygen atoms in total. The molecule has 0 saturated carbocycles. The Bertz CT molecular complexity index is 415. The maximum Gasteiger partial charge on any atom is 2.00 e. The van der Waals surface area contributed by atoms with Gasteiger partial charge in [-0.3, -0.25) is 0 Å². The molecule has 3 rings (SSSR count). The van der Waals surface area contributed by atoms with Gasteiger partial charge in [0.2, 0.25) is 0 Å². The molecule has 0 fully saturated rings. The van der Waals surface area contributed by atoms with E-state index in [0.717, 1.165) is 0 Å². The van der Waals surface area contributed by atoms with Crippen molar-refractivity contribution >= 4 is 10.8 Å². The van der Waals surface area contributed by atoms with Gasteiger partial charge in [-0.2, -0.15) is 18.2 Å². The first-order valence-corrected chi connectivity index (χ1v) is 4.99. The minimum atomic E-state index is 0. The quantitative estimate of drug-likeness (QED) is 0.511. The van der Waals surface area contributed by atoms with Crippen LogP contribution < -0.4 is 0 Å². The van der Waals surface area contributed by atoms with Crippen molar-refractivity contribution in [1.29, 1.82) is 0 Å². The Morgan fingerprint density at radius 1 is 0.812 bits per heavy atom. The molecule has 0 heterocycles. The van der Waals surface area contributed by atoms with Crippen LogP contribution in [0, 0.1) is 6.07 Å². The van der Waals surface area contributed by atoms with Crippen LogP contribution >= 0.6 is 0 Å². The Balaban J connectivity index is 0.000000183. The molecule has 0 spiro atoms. The third kappa shape index (κ3) is 3.71. The Labute approximate surface area is 111 Å². The molecular weight excluding hydrogens is 375 g/mol. The predicted octanol–water partition coefficient (Wildman–Crippen LogP) is 4.04. The fourth-order valence-corrected chi connectivity index (χ4v) is 1.38. The normalized spacial score (nSPS) is 8.75. The predicted molar refractivity (Wildman–Crippen MR) is 64.8 cm³/mol. The van der Waals surface area contributed by atoms with Gasteiger partial charge in [-0.25, -0.2) is 12.1 Å². The first kappa shape index (κ1) is 12.8. The number of hydrogen-bond acceptors (Lipinski definition) is 0. The van der Waals surface area contributed by atoms with Crippen LogP contribution in [0.2, 0.25) is 0 Å². The minimum absolute atomic E-state index is 0. The third-order valence-corrected chi connectivity index (χ3v) is 2.13. The zero-order valence-corrected chi connectivity index (χ0v) is 11.0. The van der Waals surface area contributed by atoms with Crippen LogP contribution in [-0.2, 0) is 21.1 Å². The Morgan fingerprint density at radius 3 is 2.12 bits per heavy atom. The van der Waals surface area contributed by atoms with E-state index in [4.69, 9.17) is 0 Å². The van der Waals surface area contributed by atoms with E-state index in [0.29, 0.717) is 0 Å². The number of fused-ring (bicyclic) bond motifs is 1. The molecule has 0 saturated heterocycles. The molecule has 3 aromatic rings. The van der Waals surface area contributed by atoms with E-state index >= 15 is 0 Å². The summed E-state index contributed by atoms with van der Waals surface area (Å²) in [5, 5.41) is 2.44. The molecule has 0 bridgehead atoms. The molecule has 0 aliphatic rings. The van der Waals surface area contributed by atoms with Crippen molar-refractivity contribution in [2.24, 2.45) is 0 Å².